The molecule has 2 aromatic heterocycles. The van der Waals surface area contributed by atoms with Gasteiger partial charge in [0.1, 0.15) is 6.26 Å². The van der Waals surface area contributed by atoms with Gasteiger partial charge in [0.15, 0.2) is 12.4 Å². The Labute approximate surface area is 115 Å². The Bertz CT molecular complexity index is 594. The van der Waals surface area contributed by atoms with Crippen LogP contribution in [0.25, 0.3) is 11.1 Å². The van der Waals surface area contributed by atoms with E-state index >= 15 is 0 Å². The molecule has 2 rings (SSSR count). The minimum atomic E-state index is -0.872. The smallest absolute Gasteiger partial charge is 0.370 e. The lowest BCUT2D eigenvalue weighted by atomic mass is 10.1. The summed E-state index contributed by atoms with van der Waals surface area (Å²) < 4.78 is 2.98. The Hall–Kier alpha value is -2.89. The molecule has 0 radical (unpaired) electrons. The molecule has 0 aliphatic carbocycles. The van der Waals surface area contributed by atoms with E-state index in [0.717, 1.165) is 11.1 Å². The van der Waals surface area contributed by atoms with Crippen LogP contribution in [-0.2, 0) is 16.2 Å². The van der Waals surface area contributed by atoms with E-state index in [9.17, 15) is 4.79 Å². The lowest BCUT2D eigenvalue weighted by molar-refractivity contribution is -0.953. The van der Waals surface area contributed by atoms with Crippen molar-refractivity contribution in [1.82, 2.24) is 0 Å². The van der Waals surface area contributed by atoms with Crippen LogP contribution >= 0.6 is 0 Å². The van der Waals surface area contributed by atoms with E-state index < -0.39 is 5.97 Å². The zero-order valence-corrected chi connectivity index (χ0v) is 10.7. The molecule has 6 nitrogen and oxygen atoms in total. The van der Waals surface area contributed by atoms with E-state index in [-0.39, 0.29) is 6.54 Å². The summed E-state index contributed by atoms with van der Waals surface area (Å²) in [5.74, 6) is -0.872. The molecule has 0 spiro atoms. The summed E-state index contributed by atoms with van der Waals surface area (Å²) in [7, 11) is 0. The number of aliphatic carboxylic acids is 1. The highest BCUT2D eigenvalue weighted by molar-refractivity contribution is 5.65. The number of carbonyl (C=O) groups is 1. The number of hydrogen-bond acceptors (Lipinski definition) is 3. The predicted octanol–water partition coefficient (Wildman–Crippen LogP) is 0.517. The molecule has 0 saturated heterocycles. The average molecular weight is 274 g/mol. The van der Waals surface area contributed by atoms with Gasteiger partial charge in [-0.25, -0.2) is 9.68 Å². The van der Waals surface area contributed by atoms with Crippen LogP contribution in [0.15, 0.2) is 61.9 Å². The maximum Gasteiger partial charge on any atom is 0.370 e. The fourth-order valence-corrected chi connectivity index (χ4v) is 1.65. The van der Waals surface area contributed by atoms with Crippen molar-refractivity contribution in [3.05, 3.63) is 61.9 Å². The Balaban J connectivity index is 2.10. The molecule has 2 heterocycles. The van der Waals surface area contributed by atoms with Gasteiger partial charge < -0.3 is 5.11 Å². The minimum Gasteiger partial charge on any atom is -0.477 e. The normalized spacial score (nSPS) is 9.80. The van der Waals surface area contributed by atoms with Crippen molar-refractivity contribution in [1.29, 1.82) is 0 Å². The third-order valence-electron chi connectivity index (χ3n) is 2.54. The van der Waals surface area contributed by atoms with Crippen molar-refractivity contribution in [2.45, 2.75) is 6.54 Å². The molecule has 2 aromatic rings. The Morgan fingerprint density at radius 2 is 1.70 bits per heavy atom. The van der Waals surface area contributed by atoms with Crippen molar-refractivity contribution in [3.8, 4) is 11.1 Å². The van der Waals surface area contributed by atoms with Crippen LogP contribution in [-0.4, -0.2) is 11.1 Å². The minimum absolute atomic E-state index is 0.0538. The zero-order valence-electron chi connectivity index (χ0n) is 10.7. The standard InChI is InChI=1S/C14H13N2O4/c1-2-19-20-16-9-5-13(6-10-16)12-3-7-15(8-4-12)11-14(17)18/h2-10H,1,11H2/q+1/p+1. The molecular formula is C14H14N2O4+2. The number of pyridine rings is 2. The molecule has 0 atom stereocenters. The molecule has 0 aliphatic heterocycles. The van der Waals surface area contributed by atoms with Crippen molar-refractivity contribution in [2.75, 3.05) is 0 Å². The van der Waals surface area contributed by atoms with E-state index in [4.69, 9.17) is 10.1 Å². The van der Waals surface area contributed by atoms with Gasteiger partial charge in [0.05, 0.1) is 4.73 Å². The summed E-state index contributed by atoms with van der Waals surface area (Å²) in [6.07, 6.45) is 8.01. The van der Waals surface area contributed by atoms with Crippen LogP contribution in [0.4, 0.5) is 0 Å². The van der Waals surface area contributed by atoms with Crippen molar-refractivity contribution in [2.24, 2.45) is 0 Å². The monoisotopic (exact) mass is 274 g/mol. The molecule has 20 heavy (non-hydrogen) atoms. The molecule has 0 unspecified atom stereocenters. The Kier molecular flexibility index (Phi) is 4.28. The first-order valence-corrected chi connectivity index (χ1v) is 5.86. The maximum atomic E-state index is 10.6. The average Bonchev–Trinajstić information content (AvgIpc) is 2.46. The molecular weight excluding hydrogens is 260 g/mol. The lowest BCUT2D eigenvalue weighted by Crippen LogP contribution is -2.40. The molecule has 102 valence electrons. The number of nitrogens with zero attached hydrogens (tertiary/aromatic N) is 2. The second-order valence-corrected chi connectivity index (χ2v) is 3.94. The van der Waals surface area contributed by atoms with Crippen LogP contribution in [0.2, 0.25) is 0 Å². The predicted molar refractivity (Wildman–Crippen MR) is 67.8 cm³/mol. The third kappa shape index (κ3) is 3.55. The van der Waals surface area contributed by atoms with E-state index in [1.54, 1.807) is 29.4 Å². The first-order valence-electron chi connectivity index (χ1n) is 5.86. The van der Waals surface area contributed by atoms with Gasteiger partial charge in [0.2, 0.25) is 18.9 Å². The zero-order chi connectivity index (χ0) is 14.4. The van der Waals surface area contributed by atoms with E-state index in [1.807, 2.05) is 24.3 Å². The van der Waals surface area contributed by atoms with E-state index in [2.05, 4.69) is 11.5 Å². The highest BCUT2D eigenvalue weighted by atomic mass is 17.3. The van der Waals surface area contributed by atoms with Crippen molar-refractivity contribution < 1.29 is 29.1 Å². The summed E-state index contributed by atoms with van der Waals surface area (Å²) >= 11 is 0. The molecule has 0 aliphatic rings. The van der Waals surface area contributed by atoms with Crippen LogP contribution in [0.3, 0.4) is 0 Å². The summed E-state index contributed by atoms with van der Waals surface area (Å²) in [5, 5.41) is 8.70. The number of aromatic nitrogens is 2. The largest absolute Gasteiger partial charge is 0.477 e. The first-order chi connectivity index (χ1) is 9.69. The SMILES string of the molecule is C=COO[n+]1ccc(-c2cc[n+](CC(=O)O)cc2)cc1. The lowest BCUT2D eigenvalue weighted by Gasteiger charge is -1.99. The van der Waals surface area contributed by atoms with Gasteiger partial charge in [-0.05, 0) is 16.1 Å². The van der Waals surface area contributed by atoms with Gasteiger partial charge in [0, 0.05) is 24.3 Å². The van der Waals surface area contributed by atoms with Crippen LogP contribution in [0, 0.1) is 0 Å². The molecule has 1 N–H and O–H groups in total. The summed E-state index contributed by atoms with van der Waals surface area (Å²) in [6, 6.07) is 7.40. The molecule has 6 heteroatoms. The highest BCUT2D eigenvalue weighted by Gasteiger charge is 2.09. The number of carboxylic acids is 1. The number of carboxylic acid groups (broad SMARTS) is 1. The van der Waals surface area contributed by atoms with Crippen molar-refractivity contribution >= 4 is 5.97 Å². The Morgan fingerprint density at radius 3 is 2.20 bits per heavy atom. The molecule has 0 aromatic carbocycles. The quantitative estimate of drug-likeness (QED) is 0.361. The third-order valence-corrected chi connectivity index (χ3v) is 2.54. The van der Waals surface area contributed by atoms with E-state index in [0.29, 0.717) is 0 Å². The molecule has 0 amide bonds. The van der Waals surface area contributed by atoms with Gasteiger partial charge in [-0.15, -0.1) is 0 Å². The second kappa shape index (κ2) is 6.33. The van der Waals surface area contributed by atoms with Gasteiger partial charge in [0.25, 0.3) is 0 Å². The topological polar surface area (TPSA) is 63.5 Å². The number of rotatable bonds is 6. The highest BCUT2D eigenvalue weighted by Crippen LogP contribution is 2.15. The van der Waals surface area contributed by atoms with Crippen LogP contribution in [0.1, 0.15) is 0 Å². The van der Waals surface area contributed by atoms with Gasteiger partial charge >= 0.3 is 5.97 Å². The number of hydrogen-bond donors (Lipinski definition) is 1. The van der Waals surface area contributed by atoms with Gasteiger partial charge in [-0.1, -0.05) is 6.58 Å². The fraction of sp³-hybridized carbons (Fsp3) is 0.0714. The summed E-state index contributed by atoms with van der Waals surface area (Å²) in [5.41, 5.74) is 1.95. The first kappa shape index (κ1) is 13.5. The molecule has 0 bridgehead atoms. The molecule has 0 saturated carbocycles. The molecule has 0 fully saturated rings. The van der Waals surface area contributed by atoms with Gasteiger partial charge in [-0.2, -0.15) is 4.57 Å². The summed E-state index contributed by atoms with van der Waals surface area (Å²) in [6.45, 7) is 3.31. The fourth-order valence-electron chi connectivity index (χ4n) is 1.65. The van der Waals surface area contributed by atoms with Crippen LogP contribution in [0.5, 0.6) is 0 Å². The van der Waals surface area contributed by atoms with E-state index in [1.165, 1.54) is 11.0 Å². The van der Waals surface area contributed by atoms with Crippen LogP contribution < -0.4 is 14.3 Å². The Morgan fingerprint density at radius 1 is 1.15 bits per heavy atom. The van der Waals surface area contributed by atoms with Gasteiger partial charge in [-0.3, -0.25) is 0 Å². The second-order valence-electron chi connectivity index (χ2n) is 3.94. The van der Waals surface area contributed by atoms with Crippen molar-refractivity contribution in [3.63, 3.8) is 0 Å². The summed E-state index contributed by atoms with van der Waals surface area (Å²) in [4.78, 5) is 20.0. The maximum absolute atomic E-state index is 10.6.